The first kappa shape index (κ1) is 20.4. The molecule has 30 heavy (non-hydrogen) atoms. The van der Waals surface area contributed by atoms with Gasteiger partial charge in [-0.15, -0.1) is 0 Å². The number of benzene rings is 1. The van der Waals surface area contributed by atoms with Crippen molar-refractivity contribution in [2.75, 3.05) is 26.7 Å². The lowest BCUT2D eigenvalue weighted by molar-refractivity contribution is -0.128. The topological polar surface area (TPSA) is 62.7 Å². The summed E-state index contributed by atoms with van der Waals surface area (Å²) in [7, 11) is 1.65. The molecule has 158 valence electrons. The Balaban J connectivity index is 1.35. The lowest BCUT2D eigenvalue weighted by Gasteiger charge is -2.38. The molecule has 2 aromatic rings. The first-order valence-electron chi connectivity index (χ1n) is 10.7. The Hall–Kier alpha value is -2.89. The van der Waals surface area contributed by atoms with Gasteiger partial charge in [-0.2, -0.15) is 0 Å². The quantitative estimate of drug-likeness (QED) is 0.763. The number of likely N-dealkylation sites (tertiary alicyclic amines) is 2. The van der Waals surface area contributed by atoms with Crippen LogP contribution in [0, 0.1) is 5.41 Å². The van der Waals surface area contributed by atoms with E-state index in [2.05, 4.69) is 11.9 Å². The number of carbonyl (C=O) groups is 2. The molecule has 0 bridgehead atoms. The van der Waals surface area contributed by atoms with Crippen molar-refractivity contribution in [3.63, 3.8) is 0 Å². The number of hydrogen-bond donors (Lipinski definition) is 0. The standard InChI is InChI=1S/C24H29N3O3/c1-3-20-7-6-19(15-25-20)23(29)26-12-10-24(11-13-26)14-22(28)27(17-24)16-18-4-8-21(30-2)9-5-18/h4-9,15H,3,10-14,16-17H2,1-2H3. The smallest absolute Gasteiger partial charge is 0.255 e. The van der Waals surface area contributed by atoms with Gasteiger partial charge in [0, 0.05) is 49.9 Å². The molecule has 1 spiro atoms. The van der Waals surface area contributed by atoms with Crippen LogP contribution in [-0.2, 0) is 17.8 Å². The molecule has 2 fully saturated rings. The van der Waals surface area contributed by atoms with Crippen molar-refractivity contribution in [2.24, 2.45) is 5.41 Å². The molecule has 1 aromatic heterocycles. The van der Waals surface area contributed by atoms with Gasteiger partial charge >= 0.3 is 0 Å². The number of amides is 2. The molecule has 0 unspecified atom stereocenters. The van der Waals surface area contributed by atoms with Crippen LogP contribution >= 0.6 is 0 Å². The maximum absolute atomic E-state index is 12.8. The molecule has 0 aliphatic carbocycles. The summed E-state index contributed by atoms with van der Waals surface area (Å²) in [4.78, 5) is 33.7. The molecule has 0 N–H and O–H groups in total. The highest BCUT2D eigenvalue weighted by Crippen LogP contribution is 2.41. The molecular formula is C24H29N3O3. The number of rotatable bonds is 5. The van der Waals surface area contributed by atoms with E-state index < -0.39 is 0 Å². The SMILES string of the molecule is CCc1ccc(C(=O)N2CCC3(CC2)CC(=O)N(Cc2ccc(OC)cc2)C3)cn1. The Kier molecular flexibility index (Phi) is 5.75. The third-order valence-electron chi connectivity index (χ3n) is 6.48. The molecule has 6 heteroatoms. The van der Waals surface area contributed by atoms with Crippen molar-refractivity contribution >= 4 is 11.8 Å². The minimum Gasteiger partial charge on any atom is -0.497 e. The van der Waals surface area contributed by atoms with Crippen LogP contribution in [0.15, 0.2) is 42.6 Å². The molecule has 3 heterocycles. The van der Waals surface area contributed by atoms with E-state index in [1.807, 2.05) is 46.2 Å². The van der Waals surface area contributed by atoms with Crippen molar-refractivity contribution in [3.8, 4) is 5.75 Å². The van der Waals surface area contributed by atoms with Crippen LogP contribution in [0.4, 0.5) is 0 Å². The second-order valence-electron chi connectivity index (χ2n) is 8.46. The van der Waals surface area contributed by atoms with Crippen LogP contribution in [0.25, 0.3) is 0 Å². The molecule has 2 amide bonds. The fraction of sp³-hybridized carbons (Fsp3) is 0.458. The van der Waals surface area contributed by atoms with Crippen LogP contribution in [0.3, 0.4) is 0 Å². The Bertz CT molecular complexity index is 900. The van der Waals surface area contributed by atoms with Gasteiger partial charge < -0.3 is 14.5 Å². The third kappa shape index (κ3) is 4.18. The molecule has 0 atom stereocenters. The summed E-state index contributed by atoms with van der Waals surface area (Å²) in [5.74, 6) is 1.07. The summed E-state index contributed by atoms with van der Waals surface area (Å²) < 4.78 is 5.21. The zero-order chi connectivity index (χ0) is 21.1. The van der Waals surface area contributed by atoms with Crippen molar-refractivity contribution in [1.82, 2.24) is 14.8 Å². The van der Waals surface area contributed by atoms with Crippen molar-refractivity contribution in [3.05, 3.63) is 59.4 Å². The third-order valence-corrected chi connectivity index (χ3v) is 6.48. The van der Waals surface area contributed by atoms with E-state index in [1.165, 1.54) is 0 Å². The highest BCUT2D eigenvalue weighted by atomic mass is 16.5. The fourth-order valence-electron chi connectivity index (χ4n) is 4.54. The number of aryl methyl sites for hydroxylation is 1. The van der Waals surface area contributed by atoms with E-state index in [4.69, 9.17) is 4.74 Å². The highest BCUT2D eigenvalue weighted by molar-refractivity contribution is 5.94. The van der Waals surface area contributed by atoms with Gasteiger partial charge in [-0.25, -0.2) is 0 Å². The molecule has 0 saturated carbocycles. The second kappa shape index (κ2) is 8.46. The Morgan fingerprint density at radius 2 is 1.87 bits per heavy atom. The lowest BCUT2D eigenvalue weighted by Crippen LogP contribution is -2.44. The molecule has 6 nitrogen and oxygen atoms in total. The van der Waals surface area contributed by atoms with Crippen LogP contribution in [0.5, 0.6) is 5.75 Å². The molecule has 2 aliphatic heterocycles. The minimum atomic E-state index is -0.00927. The number of nitrogens with zero attached hydrogens (tertiary/aromatic N) is 3. The number of ether oxygens (including phenoxy) is 1. The molecular weight excluding hydrogens is 378 g/mol. The summed E-state index contributed by atoms with van der Waals surface area (Å²) in [6, 6.07) is 11.7. The van der Waals surface area contributed by atoms with Crippen LogP contribution in [-0.4, -0.2) is 53.3 Å². The Labute approximate surface area is 177 Å². The fourth-order valence-corrected chi connectivity index (χ4v) is 4.54. The van der Waals surface area contributed by atoms with Gasteiger partial charge in [-0.05, 0) is 49.1 Å². The monoisotopic (exact) mass is 407 g/mol. The number of methoxy groups -OCH3 is 1. The number of pyridine rings is 1. The summed E-state index contributed by atoms with van der Waals surface area (Å²) in [6.45, 7) is 4.83. The molecule has 2 saturated heterocycles. The summed E-state index contributed by atoms with van der Waals surface area (Å²) in [6.07, 6.45) is 4.86. The second-order valence-corrected chi connectivity index (χ2v) is 8.46. The predicted molar refractivity (Wildman–Crippen MR) is 114 cm³/mol. The minimum absolute atomic E-state index is 0.00927. The Morgan fingerprint density at radius 3 is 2.47 bits per heavy atom. The van der Waals surface area contributed by atoms with E-state index in [0.29, 0.717) is 31.6 Å². The van der Waals surface area contributed by atoms with Crippen molar-refractivity contribution in [2.45, 2.75) is 39.2 Å². The first-order valence-corrected chi connectivity index (χ1v) is 10.7. The first-order chi connectivity index (χ1) is 14.5. The summed E-state index contributed by atoms with van der Waals surface area (Å²) in [5, 5.41) is 0. The van der Waals surface area contributed by atoms with Gasteiger partial charge in [0.15, 0.2) is 0 Å². The van der Waals surface area contributed by atoms with E-state index in [-0.39, 0.29) is 17.2 Å². The van der Waals surface area contributed by atoms with Crippen molar-refractivity contribution < 1.29 is 14.3 Å². The van der Waals surface area contributed by atoms with E-state index in [1.54, 1.807) is 13.3 Å². The predicted octanol–water partition coefficient (Wildman–Crippen LogP) is 3.31. The highest BCUT2D eigenvalue weighted by Gasteiger charge is 2.45. The number of carbonyl (C=O) groups excluding carboxylic acids is 2. The van der Waals surface area contributed by atoms with Gasteiger partial charge in [-0.1, -0.05) is 19.1 Å². The van der Waals surface area contributed by atoms with E-state index >= 15 is 0 Å². The van der Waals surface area contributed by atoms with Crippen LogP contribution in [0.1, 0.15) is 47.8 Å². The van der Waals surface area contributed by atoms with Gasteiger partial charge in [0.25, 0.3) is 5.91 Å². The zero-order valence-corrected chi connectivity index (χ0v) is 17.8. The average molecular weight is 408 g/mol. The van der Waals surface area contributed by atoms with E-state index in [0.717, 1.165) is 42.8 Å². The van der Waals surface area contributed by atoms with Crippen LogP contribution in [0.2, 0.25) is 0 Å². The molecule has 2 aliphatic rings. The largest absolute Gasteiger partial charge is 0.497 e. The maximum atomic E-state index is 12.8. The zero-order valence-electron chi connectivity index (χ0n) is 17.8. The lowest BCUT2D eigenvalue weighted by atomic mass is 9.77. The maximum Gasteiger partial charge on any atom is 0.255 e. The number of piperidine rings is 1. The van der Waals surface area contributed by atoms with Gasteiger partial charge in [0.05, 0.1) is 12.7 Å². The van der Waals surface area contributed by atoms with Gasteiger partial charge in [0.2, 0.25) is 5.91 Å². The number of aromatic nitrogens is 1. The summed E-state index contributed by atoms with van der Waals surface area (Å²) >= 11 is 0. The summed E-state index contributed by atoms with van der Waals surface area (Å²) in [5.41, 5.74) is 2.74. The molecule has 0 radical (unpaired) electrons. The van der Waals surface area contributed by atoms with Crippen molar-refractivity contribution in [1.29, 1.82) is 0 Å². The van der Waals surface area contributed by atoms with Gasteiger partial charge in [-0.3, -0.25) is 14.6 Å². The normalized spacial score (nSPS) is 18.1. The number of hydrogen-bond acceptors (Lipinski definition) is 4. The van der Waals surface area contributed by atoms with Gasteiger partial charge in [0.1, 0.15) is 5.75 Å². The Morgan fingerprint density at radius 1 is 1.13 bits per heavy atom. The molecule has 4 rings (SSSR count). The average Bonchev–Trinajstić information content (AvgIpc) is 3.08. The molecule has 1 aromatic carbocycles. The van der Waals surface area contributed by atoms with Crippen LogP contribution < -0.4 is 4.74 Å². The van der Waals surface area contributed by atoms with E-state index in [9.17, 15) is 9.59 Å².